The standard InChI is InChI=1S/C13H22N2O2/c1-12(2,3)11(17)15-8-5-13(6-9-15)4-7-14-10(13)16/h4-9H2,1-3H3,(H,14,16). The zero-order valence-corrected chi connectivity index (χ0v) is 11.0. The fourth-order valence-corrected chi connectivity index (χ4v) is 2.81. The van der Waals surface area contributed by atoms with Crippen LogP contribution in [0.25, 0.3) is 0 Å². The monoisotopic (exact) mass is 238 g/mol. The van der Waals surface area contributed by atoms with Gasteiger partial charge in [0.25, 0.3) is 0 Å². The molecule has 2 aliphatic heterocycles. The highest BCUT2D eigenvalue weighted by Crippen LogP contribution is 2.38. The summed E-state index contributed by atoms with van der Waals surface area (Å²) in [4.78, 5) is 25.9. The fourth-order valence-electron chi connectivity index (χ4n) is 2.81. The summed E-state index contributed by atoms with van der Waals surface area (Å²) < 4.78 is 0. The van der Waals surface area contributed by atoms with Crippen LogP contribution in [0.3, 0.4) is 0 Å². The molecule has 4 heteroatoms. The van der Waals surface area contributed by atoms with Gasteiger partial charge in [0.05, 0.1) is 5.41 Å². The van der Waals surface area contributed by atoms with Gasteiger partial charge in [-0.05, 0) is 19.3 Å². The Morgan fingerprint density at radius 3 is 2.24 bits per heavy atom. The first-order valence-corrected chi connectivity index (χ1v) is 6.43. The summed E-state index contributed by atoms with van der Waals surface area (Å²) in [5.41, 5.74) is -0.489. The zero-order valence-electron chi connectivity index (χ0n) is 11.0. The molecule has 2 aliphatic rings. The Labute approximate surface area is 103 Å². The molecule has 0 atom stereocenters. The summed E-state index contributed by atoms with van der Waals surface area (Å²) in [6, 6.07) is 0. The maximum absolute atomic E-state index is 12.1. The van der Waals surface area contributed by atoms with Gasteiger partial charge in [-0.3, -0.25) is 9.59 Å². The number of piperidine rings is 1. The van der Waals surface area contributed by atoms with E-state index in [1.807, 2.05) is 25.7 Å². The normalized spacial score (nSPS) is 23.9. The molecule has 0 aliphatic carbocycles. The Morgan fingerprint density at radius 1 is 1.24 bits per heavy atom. The molecule has 0 aromatic carbocycles. The van der Waals surface area contributed by atoms with Crippen LogP contribution >= 0.6 is 0 Å². The number of amides is 2. The van der Waals surface area contributed by atoms with Gasteiger partial charge in [0.15, 0.2) is 0 Å². The Balaban J connectivity index is 1.99. The van der Waals surface area contributed by atoms with Crippen molar-refractivity contribution in [2.75, 3.05) is 19.6 Å². The average Bonchev–Trinajstić information content (AvgIpc) is 2.60. The third-order valence-electron chi connectivity index (χ3n) is 4.02. The van der Waals surface area contributed by atoms with E-state index in [0.717, 1.165) is 38.9 Å². The van der Waals surface area contributed by atoms with Crippen LogP contribution in [-0.4, -0.2) is 36.3 Å². The number of hydrogen-bond acceptors (Lipinski definition) is 2. The molecule has 2 heterocycles. The van der Waals surface area contributed by atoms with Crippen LogP contribution in [0.1, 0.15) is 40.0 Å². The molecule has 0 bridgehead atoms. The van der Waals surface area contributed by atoms with Crippen LogP contribution in [0, 0.1) is 10.8 Å². The number of nitrogens with one attached hydrogen (secondary N) is 1. The Bertz CT molecular complexity index is 336. The first-order chi connectivity index (χ1) is 7.85. The van der Waals surface area contributed by atoms with Gasteiger partial charge in [0.2, 0.25) is 11.8 Å². The number of carbonyl (C=O) groups is 2. The highest BCUT2D eigenvalue weighted by Gasteiger charge is 2.45. The van der Waals surface area contributed by atoms with Crippen LogP contribution < -0.4 is 5.32 Å². The van der Waals surface area contributed by atoms with Crippen molar-refractivity contribution in [1.82, 2.24) is 10.2 Å². The number of hydrogen-bond donors (Lipinski definition) is 1. The molecule has 17 heavy (non-hydrogen) atoms. The number of carbonyl (C=O) groups excluding carboxylic acids is 2. The summed E-state index contributed by atoms with van der Waals surface area (Å²) in [5, 5.41) is 2.91. The molecule has 2 saturated heterocycles. The minimum absolute atomic E-state index is 0.172. The number of rotatable bonds is 0. The molecule has 4 nitrogen and oxygen atoms in total. The van der Waals surface area contributed by atoms with Crippen molar-refractivity contribution < 1.29 is 9.59 Å². The summed E-state index contributed by atoms with van der Waals surface area (Å²) in [5.74, 6) is 0.395. The van der Waals surface area contributed by atoms with Crippen molar-refractivity contribution >= 4 is 11.8 Å². The fraction of sp³-hybridized carbons (Fsp3) is 0.846. The third-order valence-corrected chi connectivity index (χ3v) is 4.02. The van der Waals surface area contributed by atoms with E-state index in [-0.39, 0.29) is 22.6 Å². The van der Waals surface area contributed by atoms with Gasteiger partial charge in [0, 0.05) is 25.0 Å². The molecule has 0 aromatic rings. The maximum atomic E-state index is 12.1. The molecule has 0 unspecified atom stereocenters. The first-order valence-electron chi connectivity index (χ1n) is 6.43. The number of nitrogens with zero attached hydrogens (tertiary/aromatic N) is 1. The van der Waals surface area contributed by atoms with Crippen molar-refractivity contribution in [2.45, 2.75) is 40.0 Å². The van der Waals surface area contributed by atoms with E-state index in [1.54, 1.807) is 0 Å². The largest absolute Gasteiger partial charge is 0.356 e. The second kappa shape index (κ2) is 4.00. The van der Waals surface area contributed by atoms with Gasteiger partial charge in [-0.15, -0.1) is 0 Å². The second-order valence-corrected chi connectivity index (χ2v) is 6.33. The summed E-state index contributed by atoms with van der Waals surface area (Å²) in [6.45, 7) is 8.09. The molecule has 1 spiro atoms. The molecule has 1 N–H and O–H groups in total. The first kappa shape index (κ1) is 12.4. The van der Waals surface area contributed by atoms with Gasteiger partial charge < -0.3 is 10.2 Å². The quantitative estimate of drug-likeness (QED) is 0.688. The smallest absolute Gasteiger partial charge is 0.227 e. The lowest BCUT2D eigenvalue weighted by atomic mass is 9.76. The van der Waals surface area contributed by atoms with Crippen molar-refractivity contribution in [3.63, 3.8) is 0 Å². The van der Waals surface area contributed by atoms with E-state index >= 15 is 0 Å². The van der Waals surface area contributed by atoms with Gasteiger partial charge in [0.1, 0.15) is 0 Å². The van der Waals surface area contributed by atoms with Crippen LogP contribution in [0.15, 0.2) is 0 Å². The molecule has 2 amide bonds. The molecule has 2 fully saturated rings. The lowest BCUT2D eigenvalue weighted by molar-refractivity contribution is -0.144. The predicted octanol–water partition coefficient (Wildman–Crippen LogP) is 1.16. The summed E-state index contributed by atoms with van der Waals surface area (Å²) in [7, 11) is 0. The second-order valence-electron chi connectivity index (χ2n) is 6.33. The summed E-state index contributed by atoms with van der Waals surface area (Å²) in [6.07, 6.45) is 2.57. The molecule has 0 aromatic heterocycles. The van der Waals surface area contributed by atoms with Crippen LogP contribution in [0.2, 0.25) is 0 Å². The minimum atomic E-state index is -0.317. The van der Waals surface area contributed by atoms with E-state index in [9.17, 15) is 9.59 Å². The van der Waals surface area contributed by atoms with E-state index in [2.05, 4.69) is 5.32 Å². The molecule has 0 radical (unpaired) electrons. The Hall–Kier alpha value is -1.06. The average molecular weight is 238 g/mol. The third kappa shape index (κ3) is 2.17. The van der Waals surface area contributed by atoms with E-state index < -0.39 is 0 Å². The van der Waals surface area contributed by atoms with E-state index in [1.165, 1.54) is 0 Å². The van der Waals surface area contributed by atoms with Crippen LogP contribution in [0.4, 0.5) is 0 Å². The minimum Gasteiger partial charge on any atom is -0.356 e. The van der Waals surface area contributed by atoms with Crippen molar-refractivity contribution in [3.05, 3.63) is 0 Å². The van der Waals surface area contributed by atoms with Crippen molar-refractivity contribution in [1.29, 1.82) is 0 Å². The van der Waals surface area contributed by atoms with Crippen LogP contribution in [-0.2, 0) is 9.59 Å². The van der Waals surface area contributed by atoms with Gasteiger partial charge >= 0.3 is 0 Å². The SMILES string of the molecule is CC(C)(C)C(=O)N1CCC2(CCNC2=O)CC1. The number of likely N-dealkylation sites (tertiary alicyclic amines) is 1. The van der Waals surface area contributed by atoms with Crippen LogP contribution in [0.5, 0.6) is 0 Å². The molecule has 96 valence electrons. The topological polar surface area (TPSA) is 49.4 Å². The zero-order chi connectivity index (χ0) is 12.7. The lowest BCUT2D eigenvalue weighted by Gasteiger charge is -2.39. The molecular weight excluding hydrogens is 216 g/mol. The Morgan fingerprint density at radius 2 is 1.82 bits per heavy atom. The van der Waals surface area contributed by atoms with Gasteiger partial charge in [-0.25, -0.2) is 0 Å². The van der Waals surface area contributed by atoms with Gasteiger partial charge in [-0.2, -0.15) is 0 Å². The molecule has 2 rings (SSSR count). The van der Waals surface area contributed by atoms with Crippen molar-refractivity contribution in [2.24, 2.45) is 10.8 Å². The summed E-state index contributed by atoms with van der Waals surface area (Å²) >= 11 is 0. The molecule has 0 saturated carbocycles. The maximum Gasteiger partial charge on any atom is 0.227 e. The predicted molar refractivity (Wildman–Crippen MR) is 65.3 cm³/mol. The highest BCUT2D eigenvalue weighted by atomic mass is 16.2. The Kier molecular flexibility index (Phi) is 2.92. The van der Waals surface area contributed by atoms with E-state index in [0.29, 0.717) is 0 Å². The highest BCUT2D eigenvalue weighted by molar-refractivity contribution is 5.86. The van der Waals surface area contributed by atoms with E-state index in [4.69, 9.17) is 0 Å². The molecular formula is C13H22N2O2. The lowest BCUT2D eigenvalue weighted by Crippen LogP contribution is -2.49. The van der Waals surface area contributed by atoms with Gasteiger partial charge in [-0.1, -0.05) is 20.8 Å². The van der Waals surface area contributed by atoms with Crippen molar-refractivity contribution in [3.8, 4) is 0 Å².